The van der Waals surface area contributed by atoms with E-state index in [1.54, 1.807) is 0 Å². The quantitative estimate of drug-likeness (QED) is 0.430. The third kappa shape index (κ3) is 2.92. The number of carboxylic acid groups (broad SMARTS) is 1. The maximum Gasteiger partial charge on any atom is 0.347 e. The van der Waals surface area contributed by atoms with Crippen LogP contribution in [-0.2, 0) is 14.3 Å². The van der Waals surface area contributed by atoms with Crippen LogP contribution >= 0.6 is 0 Å². The zero-order valence-electron chi connectivity index (χ0n) is 6.67. The van der Waals surface area contributed by atoms with Crippen molar-refractivity contribution >= 4 is 11.9 Å². The van der Waals surface area contributed by atoms with Crippen molar-refractivity contribution in [1.82, 2.24) is 0 Å². The van der Waals surface area contributed by atoms with Gasteiger partial charge in [0.25, 0.3) is 6.08 Å². The van der Waals surface area contributed by atoms with Gasteiger partial charge in [-0.15, -0.1) is 0 Å². The highest BCUT2D eigenvalue weighted by molar-refractivity contribution is 5.96. The molecule has 0 aliphatic rings. The van der Waals surface area contributed by atoms with Crippen LogP contribution in [0.1, 0.15) is 0 Å². The van der Waals surface area contributed by atoms with E-state index in [9.17, 15) is 22.8 Å². The summed E-state index contributed by atoms with van der Waals surface area (Å²) in [5.41, 5.74) is -1.84. The molecule has 0 aliphatic heterocycles. The molecule has 0 saturated heterocycles. The van der Waals surface area contributed by atoms with Crippen molar-refractivity contribution in [3.8, 4) is 0 Å². The van der Waals surface area contributed by atoms with E-state index in [1.165, 1.54) is 0 Å². The second-order valence-corrected chi connectivity index (χ2v) is 1.95. The van der Waals surface area contributed by atoms with Gasteiger partial charge in [-0.05, 0) is 0 Å². The van der Waals surface area contributed by atoms with Crippen molar-refractivity contribution in [1.29, 1.82) is 0 Å². The predicted octanol–water partition coefficient (Wildman–Crippen LogP) is 1.25. The first-order valence-electron chi connectivity index (χ1n) is 3.15. The van der Waals surface area contributed by atoms with Crippen LogP contribution in [0.5, 0.6) is 0 Å². The molecule has 0 fully saturated rings. The van der Waals surface area contributed by atoms with E-state index in [-0.39, 0.29) is 0 Å². The van der Waals surface area contributed by atoms with Crippen LogP contribution in [0.15, 0.2) is 24.5 Å². The van der Waals surface area contributed by atoms with E-state index in [1.807, 2.05) is 0 Å². The minimum absolute atomic E-state index is 0.486. The molecule has 0 aromatic carbocycles. The molecule has 78 valence electrons. The lowest BCUT2D eigenvalue weighted by Crippen LogP contribution is -2.24. The Morgan fingerprint density at radius 1 is 1.43 bits per heavy atom. The fourth-order valence-corrected chi connectivity index (χ4v) is 0.539. The van der Waals surface area contributed by atoms with Gasteiger partial charge in [0, 0.05) is 0 Å². The van der Waals surface area contributed by atoms with Crippen LogP contribution in [0.25, 0.3) is 0 Å². The van der Waals surface area contributed by atoms with E-state index in [0.717, 1.165) is 0 Å². The molecule has 0 spiro atoms. The van der Waals surface area contributed by atoms with E-state index in [2.05, 4.69) is 11.3 Å². The molecule has 0 bridgehead atoms. The van der Waals surface area contributed by atoms with Gasteiger partial charge in [0.15, 0.2) is 0 Å². The summed E-state index contributed by atoms with van der Waals surface area (Å²) in [6.45, 7) is 2.87. The van der Waals surface area contributed by atoms with E-state index < -0.39 is 29.8 Å². The molecule has 1 unspecified atom stereocenters. The monoisotopic (exact) mass is 210 g/mol. The van der Waals surface area contributed by atoms with Crippen molar-refractivity contribution in [3.63, 3.8) is 0 Å². The fraction of sp³-hybridized carbons (Fsp3) is 0.143. The molecule has 14 heavy (non-hydrogen) atoms. The van der Waals surface area contributed by atoms with Crippen LogP contribution in [0, 0.1) is 0 Å². The Balaban J connectivity index is 4.98. The van der Waals surface area contributed by atoms with Crippen LogP contribution in [-0.4, -0.2) is 23.2 Å². The molecule has 1 atom stereocenters. The molecule has 0 aliphatic carbocycles. The molecule has 0 aromatic rings. The summed E-state index contributed by atoms with van der Waals surface area (Å²) in [4.78, 5) is 20.6. The second kappa shape index (κ2) is 5.05. The van der Waals surface area contributed by atoms with Gasteiger partial charge in [-0.3, -0.25) is 0 Å². The molecule has 0 amide bonds. The van der Waals surface area contributed by atoms with Crippen LogP contribution in [0.4, 0.5) is 13.2 Å². The number of hydrogen-bond donors (Lipinski definition) is 1. The molecule has 0 rings (SSSR count). The summed E-state index contributed by atoms with van der Waals surface area (Å²) in [5.74, 6) is -3.98. The molecule has 1 N–H and O–H groups in total. The lowest BCUT2D eigenvalue weighted by Gasteiger charge is -2.04. The highest BCUT2D eigenvalue weighted by atomic mass is 19.3. The molecular weight excluding hydrogens is 205 g/mol. The number of carbonyl (C=O) groups excluding carboxylic acids is 1. The number of alkyl halides is 1. The topological polar surface area (TPSA) is 63.6 Å². The summed E-state index contributed by atoms with van der Waals surface area (Å²) in [6, 6.07) is 0. The summed E-state index contributed by atoms with van der Waals surface area (Å²) >= 11 is 0. The fourth-order valence-electron chi connectivity index (χ4n) is 0.539. The van der Waals surface area contributed by atoms with E-state index in [4.69, 9.17) is 5.11 Å². The van der Waals surface area contributed by atoms with Gasteiger partial charge in [0.05, 0.1) is 6.26 Å². The summed E-state index contributed by atoms with van der Waals surface area (Å²) in [6.07, 6.45) is -5.38. The summed E-state index contributed by atoms with van der Waals surface area (Å²) in [7, 11) is 0. The average molecular weight is 210 g/mol. The molecule has 4 nitrogen and oxygen atoms in total. The van der Waals surface area contributed by atoms with Gasteiger partial charge >= 0.3 is 11.9 Å². The third-order valence-electron chi connectivity index (χ3n) is 1.08. The highest BCUT2D eigenvalue weighted by Crippen LogP contribution is 2.17. The van der Waals surface area contributed by atoms with Crippen molar-refractivity contribution in [3.05, 3.63) is 24.5 Å². The summed E-state index contributed by atoms with van der Waals surface area (Å²) < 4.78 is 40.2. The Kier molecular flexibility index (Phi) is 4.41. The second-order valence-electron chi connectivity index (χ2n) is 1.95. The zero-order valence-corrected chi connectivity index (χ0v) is 6.67. The van der Waals surface area contributed by atoms with Crippen LogP contribution < -0.4 is 0 Å². The minimum atomic E-state index is -3.12. The van der Waals surface area contributed by atoms with Gasteiger partial charge < -0.3 is 9.84 Å². The van der Waals surface area contributed by atoms with E-state index in [0.29, 0.717) is 6.26 Å². The number of esters is 1. The van der Waals surface area contributed by atoms with Gasteiger partial charge in [-0.1, -0.05) is 6.58 Å². The number of halogens is 3. The highest BCUT2D eigenvalue weighted by Gasteiger charge is 2.32. The Morgan fingerprint density at radius 2 is 1.93 bits per heavy atom. The van der Waals surface area contributed by atoms with E-state index >= 15 is 0 Å². The molecule has 7 heteroatoms. The Labute approximate surface area is 76.3 Å². The maximum atomic E-state index is 12.5. The SMILES string of the molecule is C=COC(=O)C(=C(F)F)C(F)C(=O)O. The van der Waals surface area contributed by atoms with Gasteiger partial charge in [-0.25, -0.2) is 14.0 Å². The first-order valence-corrected chi connectivity index (χ1v) is 3.15. The normalized spacial score (nSPS) is 11.4. The molecule has 0 aromatic heterocycles. The van der Waals surface area contributed by atoms with Crippen molar-refractivity contribution in [2.75, 3.05) is 0 Å². The lowest BCUT2D eigenvalue weighted by atomic mass is 10.2. The Bertz CT molecular complexity index is 293. The number of ether oxygens (including phenoxy) is 1. The summed E-state index contributed by atoms with van der Waals surface area (Å²) in [5, 5.41) is 8.04. The first kappa shape index (κ1) is 12.2. The lowest BCUT2D eigenvalue weighted by molar-refractivity contribution is -0.145. The predicted molar refractivity (Wildman–Crippen MR) is 38.1 cm³/mol. The third-order valence-corrected chi connectivity index (χ3v) is 1.08. The van der Waals surface area contributed by atoms with Crippen molar-refractivity contribution in [2.24, 2.45) is 0 Å². The minimum Gasteiger partial charge on any atom is -0.479 e. The molecule has 0 saturated carbocycles. The molecule has 0 radical (unpaired) electrons. The number of carboxylic acids is 1. The van der Waals surface area contributed by atoms with Crippen molar-refractivity contribution in [2.45, 2.75) is 6.17 Å². The van der Waals surface area contributed by atoms with Crippen molar-refractivity contribution < 1.29 is 32.6 Å². The average Bonchev–Trinajstić information content (AvgIpc) is 2.03. The standard InChI is InChI=1S/C7H5F3O4/c1-2-14-7(13)3(5(9)10)4(8)6(11)12/h2,4H,1H2,(H,11,12). The number of rotatable bonds is 4. The Morgan fingerprint density at radius 3 is 2.21 bits per heavy atom. The van der Waals surface area contributed by atoms with Gasteiger partial charge in [0.2, 0.25) is 6.17 Å². The van der Waals surface area contributed by atoms with Gasteiger partial charge in [0.1, 0.15) is 5.57 Å². The molecular formula is C7H5F3O4. The van der Waals surface area contributed by atoms with Crippen LogP contribution in [0.2, 0.25) is 0 Å². The van der Waals surface area contributed by atoms with Gasteiger partial charge in [-0.2, -0.15) is 8.78 Å². The maximum absolute atomic E-state index is 12.5. The smallest absolute Gasteiger partial charge is 0.347 e. The molecule has 0 heterocycles. The van der Waals surface area contributed by atoms with Crippen LogP contribution in [0.3, 0.4) is 0 Å². The number of hydrogen-bond acceptors (Lipinski definition) is 3. The first-order chi connectivity index (χ1) is 6.41. The zero-order chi connectivity index (χ0) is 11.3. The largest absolute Gasteiger partial charge is 0.479 e. The Hall–Kier alpha value is -1.79. The number of aliphatic carboxylic acids is 1. The number of carbonyl (C=O) groups is 2.